The maximum absolute atomic E-state index is 11.0. The summed E-state index contributed by atoms with van der Waals surface area (Å²) >= 11 is 1.72. The number of H-pyrrole nitrogens is 1. The minimum absolute atomic E-state index is 0.168. The largest absolute Gasteiger partial charge is 0.365 e. The van der Waals surface area contributed by atoms with Crippen LogP contribution in [0.2, 0.25) is 0 Å². The fourth-order valence-corrected chi connectivity index (χ4v) is 1.06. The van der Waals surface area contributed by atoms with Gasteiger partial charge >= 0.3 is 0 Å². The predicted molar refractivity (Wildman–Crippen MR) is 51.7 cm³/mol. The molecule has 0 aliphatic heterocycles. The highest BCUT2D eigenvalue weighted by Gasteiger charge is 1.95. The fourth-order valence-electron chi connectivity index (χ4n) is 0.749. The highest BCUT2D eigenvalue weighted by molar-refractivity contribution is 7.98. The molecule has 0 unspecified atom stereocenters. The van der Waals surface area contributed by atoms with E-state index in [4.69, 9.17) is 0 Å². The predicted octanol–water partition coefficient (Wildman–Crippen LogP) is 0.545. The zero-order valence-corrected chi connectivity index (χ0v) is 7.65. The second-order valence-electron chi connectivity index (χ2n) is 2.19. The van der Waals surface area contributed by atoms with Crippen LogP contribution in [0, 0.1) is 0 Å². The van der Waals surface area contributed by atoms with Gasteiger partial charge in [-0.2, -0.15) is 11.8 Å². The van der Waals surface area contributed by atoms with E-state index in [-0.39, 0.29) is 5.56 Å². The molecule has 0 spiro atoms. The average Bonchev–Trinajstić information content (AvgIpc) is 2.09. The van der Waals surface area contributed by atoms with Crippen LogP contribution in [0.1, 0.15) is 0 Å². The van der Waals surface area contributed by atoms with Crippen molar-refractivity contribution in [3.05, 3.63) is 22.7 Å². The fraction of sp³-hybridized carbons (Fsp3) is 0.429. The number of aromatic nitrogens is 2. The first-order valence-electron chi connectivity index (χ1n) is 3.61. The van der Waals surface area contributed by atoms with Crippen molar-refractivity contribution in [3.8, 4) is 0 Å². The molecular weight excluding hydrogens is 174 g/mol. The molecule has 5 heteroatoms. The quantitative estimate of drug-likeness (QED) is 0.672. The lowest BCUT2D eigenvalue weighted by atomic mass is 10.6. The van der Waals surface area contributed by atoms with Crippen molar-refractivity contribution in [2.45, 2.75) is 0 Å². The summed E-state index contributed by atoms with van der Waals surface area (Å²) in [7, 11) is 0. The molecule has 0 aliphatic rings. The van der Waals surface area contributed by atoms with Gasteiger partial charge in [-0.25, -0.2) is 4.98 Å². The van der Waals surface area contributed by atoms with E-state index in [9.17, 15) is 4.79 Å². The maximum atomic E-state index is 11.0. The Morgan fingerprint density at radius 1 is 1.75 bits per heavy atom. The third kappa shape index (κ3) is 2.58. The molecule has 0 saturated carbocycles. The van der Waals surface area contributed by atoms with Crippen LogP contribution in [-0.2, 0) is 0 Å². The molecule has 0 bridgehead atoms. The van der Waals surface area contributed by atoms with Crippen LogP contribution in [0.4, 0.5) is 5.82 Å². The second kappa shape index (κ2) is 4.82. The SMILES string of the molecule is CSCCNc1ncc[nH]c1=O. The highest BCUT2D eigenvalue weighted by atomic mass is 32.2. The van der Waals surface area contributed by atoms with E-state index in [2.05, 4.69) is 15.3 Å². The summed E-state index contributed by atoms with van der Waals surface area (Å²) in [5.41, 5.74) is -0.168. The van der Waals surface area contributed by atoms with Gasteiger partial charge in [-0.15, -0.1) is 0 Å². The molecule has 0 atom stereocenters. The lowest BCUT2D eigenvalue weighted by Gasteiger charge is -2.00. The number of aromatic amines is 1. The number of hydrogen-bond donors (Lipinski definition) is 2. The zero-order valence-electron chi connectivity index (χ0n) is 6.83. The normalized spacial score (nSPS) is 9.75. The smallest absolute Gasteiger partial charge is 0.290 e. The Morgan fingerprint density at radius 3 is 3.25 bits per heavy atom. The average molecular weight is 185 g/mol. The first-order valence-corrected chi connectivity index (χ1v) is 5.00. The summed E-state index contributed by atoms with van der Waals surface area (Å²) < 4.78 is 0. The van der Waals surface area contributed by atoms with Gasteiger partial charge in [0.2, 0.25) is 0 Å². The van der Waals surface area contributed by atoms with E-state index in [1.54, 1.807) is 18.0 Å². The van der Waals surface area contributed by atoms with Crippen LogP contribution < -0.4 is 10.9 Å². The second-order valence-corrected chi connectivity index (χ2v) is 3.17. The summed E-state index contributed by atoms with van der Waals surface area (Å²) in [5, 5.41) is 2.94. The van der Waals surface area contributed by atoms with Crippen LogP contribution in [0.3, 0.4) is 0 Å². The van der Waals surface area contributed by atoms with E-state index in [1.165, 1.54) is 6.20 Å². The molecule has 4 nitrogen and oxygen atoms in total. The molecule has 1 heterocycles. The highest BCUT2D eigenvalue weighted by Crippen LogP contribution is 1.93. The van der Waals surface area contributed by atoms with Gasteiger partial charge in [0.05, 0.1) is 0 Å². The van der Waals surface area contributed by atoms with Crippen molar-refractivity contribution in [1.82, 2.24) is 9.97 Å². The van der Waals surface area contributed by atoms with Crippen molar-refractivity contribution in [2.75, 3.05) is 23.9 Å². The van der Waals surface area contributed by atoms with Gasteiger partial charge in [-0.1, -0.05) is 0 Å². The summed E-state index contributed by atoms with van der Waals surface area (Å²) in [6.45, 7) is 0.765. The molecule has 1 aromatic rings. The van der Waals surface area contributed by atoms with Crippen molar-refractivity contribution in [1.29, 1.82) is 0 Å². The Labute approximate surface area is 74.8 Å². The third-order valence-electron chi connectivity index (χ3n) is 1.31. The molecule has 0 aliphatic carbocycles. The first-order chi connectivity index (χ1) is 5.84. The van der Waals surface area contributed by atoms with Crippen molar-refractivity contribution < 1.29 is 0 Å². The van der Waals surface area contributed by atoms with E-state index in [0.29, 0.717) is 5.82 Å². The van der Waals surface area contributed by atoms with Gasteiger partial charge in [0.15, 0.2) is 5.82 Å². The molecule has 2 N–H and O–H groups in total. The molecule has 0 radical (unpaired) electrons. The van der Waals surface area contributed by atoms with Gasteiger partial charge in [0.25, 0.3) is 5.56 Å². The zero-order chi connectivity index (χ0) is 8.81. The van der Waals surface area contributed by atoms with E-state index in [0.717, 1.165) is 12.3 Å². The Morgan fingerprint density at radius 2 is 2.58 bits per heavy atom. The van der Waals surface area contributed by atoms with Gasteiger partial charge in [-0.3, -0.25) is 4.79 Å². The Kier molecular flexibility index (Phi) is 3.66. The minimum atomic E-state index is -0.168. The van der Waals surface area contributed by atoms with Crippen LogP contribution in [-0.4, -0.2) is 28.5 Å². The Balaban J connectivity index is 2.52. The molecule has 0 aromatic carbocycles. The summed E-state index contributed by atoms with van der Waals surface area (Å²) in [6, 6.07) is 0. The number of nitrogens with zero attached hydrogens (tertiary/aromatic N) is 1. The van der Waals surface area contributed by atoms with Gasteiger partial charge in [-0.05, 0) is 6.26 Å². The van der Waals surface area contributed by atoms with Crippen molar-refractivity contribution in [3.63, 3.8) is 0 Å². The molecule has 0 amide bonds. The summed E-state index contributed by atoms with van der Waals surface area (Å²) in [5.74, 6) is 1.36. The molecular formula is C7H11N3OS. The van der Waals surface area contributed by atoms with Crippen LogP contribution >= 0.6 is 11.8 Å². The molecule has 1 rings (SSSR count). The van der Waals surface area contributed by atoms with Crippen LogP contribution in [0.15, 0.2) is 17.2 Å². The summed E-state index contributed by atoms with van der Waals surface area (Å²) in [4.78, 5) is 17.5. The minimum Gasteiger partial charge on any atom is -0.365 e. The molecule has 1 aromatic heterocycles. The lowest BCUT2D eigenvalue weighted by molar-refractivity contribution is 1.09. The maximum Gasteiger partial charge on any atom is 0.290 e. The van der Waals surface area contributed by atoms with E-state index >= 15 is 0 Å². The molecule has 0 fully saturated rings. The van der Waals surface area contributed by atoms with Crippen LogP contribution in [0.25, 0.3) is 0 Å². The first kappa shape index (κ1) is 9.12. The number of thioether (sulfide) groups is 1. The lowest BCUT2D eigenvalue weighted by Crippen LogP contribution is -2.16. The topological polar surface area (TPSA) is 57.8 Å². The number of anilines is 1. The van der Waals surface area contributed by atoms with E-state index in [1.807, 2.05) is 6.26 Å². The Bertz CT molecular complexity index is 286. The molecule has 66 valence electrons. The Hall–Kier alpha value is -0.970. The van der Waals surface area contributed by atoms with Gasteiger partial charge in [0, 0.05) is 24.7 Å². The third-order valence-corrected chi connectivity index (χ3v) is 1.92. The monoisotopic (exact) mass is 185 g/mol. The van der Waals surface area contributed by atoms with Gasteiger partial charge in [0.1, 0.15) is 0 Å². The van der Waals surface area contributed by atoms with Crippen LogP contribution in [0.5, 0.6) is 0 Å². The van der Waals surface area contributed by atoms with E-state index < -0.39 is 0 Å². The number of hydrogen-bond acceptors (Lipinski definition) is 4. The molecule has 0 saturated heterocycles. The summed E-state index contributed by atoms with van der Waals surface area (Å²) in [6.07, 6.45) is 5.09. The molecule has 12 heavy (non-hydrogen) atoms. The van der Waals surface area contributed by atoms with Crippen molar-refractivity contribution in [2.24, 2.45) is 0 Å². The van der Waals surface area contributed by atoms with Crippen molar-refractivity contribution >= 4 is 17.6 Å². The number of rotatable bonds is 4. The number of nitrogens with one attached hydrogen (secondary N) is 2. The standard InChI is InChI=1S/C7H11N3OS/c1-12-5-4-9-6-7(11)10-3-2-8-6/h2-3H,4-5H2,1H3,(H,8,9)(H,10,11). The van der Waals surface area contributed by atoms with Gasteiger partial charge < -0.3 is 10.3 Å².